The second kappa shape index (κ2) is 10.4. The molecule has 0 bridgehead atoms. The summed E-state index contributed by atoms with van der Waals surface area (Å²) in [7, 11) is 7.96. The maximum Gasteiger partial charge on any atom is 0.256 e. The number of pyridine rings is 1. The van der Waals surface area contributed by atoms with Gasteiger partial charge in [0.25, 0.3) is 11.8 Å². The number of fused-ring (bicyclic) bond motifs is 1. The number of hydrogen-bond acceptors (Lipinski definition) is 6. The van der Waals surface area contributed by atoms with Gasteiger partial charge in [-0.2, -0.15) is 0 Å². The molecule has 0 saturated heterocycles. The van der Waals surface area contributed by atoms with Gasteiger partial charge in [0.15, 0.2) is 11.5 Å². The molecule has 0 unspecified atom stereocenters. The molecule has 1 heterocycles. The van der Waals surface area contributed by atoms with E-state index in [-0.39, 0.29) is 11.8 Å². The van der Waals surface area contributed by atoms with Gasteiger partial charge in [0.05, 0.1) is 49.4 Å². The summed E-state index contributed by atoms with van der Waals surface area (Å²) in [6.45, 7) is 0. The summed E-state index contributed by atoms with van der Waals surface area (Å²) in [5.41, 5.74) is 3.13. The number of nitrogens with zero attached hydrogens (tertiary/aromatic N) is 2. The second-order valence-corrected chi connectivity index (χ2v) is 8.19. The van der Waals surface area contributed by atoms with Crippen molar-refractivity contribution in [3.05, 3.63) is 77.9 Å². The molecule has 36 heavy (non-hydrogen) atoms. The largest absolute Gasteiger partial charge is 0.493 e. The monoisotopic (exact) mass is 485 g/mol. The average Bonchev–Trinajstić information content (AvgIpc) is 2.91. The number of para-hydroxylation sites is 2. The van der Waals surface area contributed by atoms with Crippen molar-refractivity contribution in [2.75, 3.05) is 40.7 Å². The van der Waals surface area contributed by atoms with Gasteiger partial charge in [0.2, 0.25) is 5.75 Å². The van der Waals surface area contributed by atoms with E-state index in [4.69, 9.17) is 19.2 Å². The van der Waals surface area contributed by atoms with Gasteiger partial charge in [0.1, 0.15) is 0 Å². The molecule has 4 aromatic rings. The number of ether oxygens (including phenoxy) is 3. The molecule has 0 atom stereocenters. The molecule has 8 nitrogen and oxygen atoms in total. The van der Waals surface area contributed by atoms with Crippen LogP contribution in [0.1, 0.15) is 20.7 Å². The first-order valence-electron chi connectivity index (χ1n) is 11.2. The molecule has 0 aliphatic heterocycles. The van der Waals surface area contributed by atoms with Crippen molar-refractivity contribution >= 4 is 28.4 Å². The Labute approximate surface area is 209 Å². The lowest BCUT2D eigenvalue weighted by molar-refractivity contribution is 0.0828. The van der Waals surface area contributed by atoms with Crippen LogP contribution in [0.2, 0.25) is 0 Å². The van der Waals surface area contributed by atoms with E-state index in [1.807, 2.05) is 24.3 Å². The number of carbonyl (C=O) groups excluding carboxylic acids is 2. The Morgan fingerprint density at radius 3 is 2.08 bits per heavy atom. The number of carbonyl (C=O) groups is 2. The molecule has 1 N–H and O–H groups in total. The zero-order valence-electron chi connectivity index (χ0n) is 20.8. The van der Waals surface area contributed by atoms with Crippen LogP contribution < -0.4 is 19.5 Å². The fourth-order valence-corrected chi connectivity index (χ4v) is 3.95. The van der Waals surface area contributed by atoms with Crippen LogP contribution in [-0.4, -0.2) is 57.1 Å². The maximum atomic E-state index is 13.6. The molecule has 4 rings (SSSR count). The van der Waals surface area contributed by atoms with Gasteiger partial charge < -0.3 is 24.4 Å². The molecule has 0 spiro atoms. The third-order valence-electron chi connectivity index (χ3n) is 5.73. The molecular formula is C28H27N3O5. The van der Waals surface area contributed by atoms with Gasteiger partial charge in [0, 0.05) is 25.0 Å². The lowest BCUT2D eigenvalue weighted by Gasteiger charge is -2.16. The van der Waals surface area contributed by atoms with Crippen molar-refractivity contribution in [2.45, 2.75) is 0 Å². The van der Waals surface area contributed by atoms with Crippen LogP contribution in [0.5, 0.6) is 17.2 Å². The topological polar surface area (TPSA) is 90.0 Å². The first-order chi connectivity index (χ1) is 17.4. The minimum Gasteiger partial charge on any atom is -0.493 e. The number of aromatic nitrogens is 1. The average molecular weight is 486 g/mol. The van der Waals surface area contributed by atoms with Gasteiger partial charge in [-0.1, -0.05) is 30.3 Å². The van der Waals surface area contributed by atoms with Crippen LogP contribution >= 0.6 is 0 Å². The van der Waals surface area contributed by atoms with Crippen LogP contribution in [-0.2, 0) is 0 Å². The maximum absolute atomic E-state index is 13.6. The molecule has 8 heteroatoms. The van der Waals surface area contributed by atoms with Crippen LogP contribution in [0.3, 0.4) is 0 Å². The van der Waals surface area contributed by atoms with Crippen molar-refractivity contribution in [2.24, 2.45) is 0 Å². The van der Waals surface area contributed by atoms with Gasteiger partial charge in [-0.3, -0.25) is 9.59 Å². The Bertz CT molecular complexity index is 1420. The van der Waals surface area contributed by atoms with Crippen molar-refractivity contribution in [3.8, 4) is 28.5 Å². The minimum absolute atomic E-state index is 0.205. The summed E-state index contributed by atoms with van der Waals surface area (Å²) < 4.78 is 16.4. The quantitative estimate of drug-likeness (QED) is 0.401. The predicted molar refractivity (Wildman–Crippen MR) is 139 cm³/mol. The number of nitrogens with one attached hydrogen (secondary N) is 1. The Balaban J connectivity index is 1.83. The number of hydrogen-bond donors (Lipinski definition) is 1. The predicted octanol–water partition coefficient (Wildman–Crippen LogP) is 4.88. The molecular weight excluding hydrogens is 458 g/mol. The molecule has 2 amide bonds. The summed E-state index contributed by atoms with van der Waals surface area (Å²) in [4.78, 5) is 32.5. The SMILES string of the molecule is COc1cc(-c2cc(C(=O)Nc3ccccc3C(=O)N(C)C)c3ccccc3n2)cc(OC)c1OC. The molecule has 0 saturated carbocycles. The van der Waals surface area contributed by atoms with E-state index in [0.717, 1.165) is 0 Å². The minimum atomic E-state index is -0.360. The molecule has 0 aliphatic rings. The zero-order chi connectivity index (χ0) is 25.8. The van der Waals surface area contributed by atoms with Crippen LogP contribution in [0.4, 0.5) is 5.69 Å². The smallest absolute Gasteiger partial charge is 0.256 e. The van der Waals surface area contributed by atoms with Gasteiger partial charge in [-0.05, 0) is 36.4 Å². The summed E-state index contributed by atoms with van der Waals surface area (Å²) in [6.07, 6.45) is 0. The number of anilines is 1. The summed E-state index contributed by atoms with van der Waals surface area (Å²) in [5, 5.41) is 3.60. The highest BCUT2D eigenvalue weighted by molar-refractivity contribution is 6.15. The third-order valence-corrected chi connectivity index (χ3v) is 5.73. The van der Waals surface area contributed by atoms with Crippen molar-refractivity contribution < 1.29 is 23.8 Å². The van der Waals surface area contributed by atoms with Crippen LogP contribution in [0, 0.1) is 0 Å². The molecule has 184 valence electrons. The zero-order valence-corrected chi connectivity index (χ0v) is 20.8. The Kier molecular flexibility index (Phi) is 7.05. The first-order valence-corrected chi connectivity index (χ1v) is 11.2. The van der Waals surface area contributed by atoms with Crippen LogP contribution in [0.25, 0.3) is 22.2 Å². The molecule has 0 radical (unpaired) electrons. The fraction of sp³-hybridized carbons (Fsp3) is 0.179. The van der Waals surface area contributed by atoms with E-state index in [2.05, 4.69) is 5.32 Å². The van der Waals surface area contributed by atoms with Gasteiger partial charge in [-0.15, -0.1) is 0 Å². The Morgan fingerprint density at radius 1 is 0.806 bits per heavy atom. The first kappa shape index (κ1) is 24.5. The van der Waals surface area contributed by atoms with E-state index >= 15 is 0 Å². The van der Waals surface area contributed by atoms with Crippen LogP contribution in [0.15, 0.2) is 66.7 Å². The van der Waals surface area contributed by atoms with Gasteiger partial charge >= 0.3 is 0 Å². The highest BCUT2D eigenvalue weighted by Gasteiger charge is 2.20. The summed E-state index contributed by atoms with van der Waals surface area (Å²) in [5.74, 6) is 0.849. The van der Waals surface area contributed by atoms with E-state index < -0.39 is 0 Å². The van der Waals surface area contributed by atoms with E-state index in [1.54, 1.807) is 70.8 Å². The Hall–Kier alpha value is -4.59. The van der Waals surface area contributed by atoms with Crippen molar-refractivity contribution in [3.63, 3.8) is 0 Å². The lowest BCUT2D eigenvalue weighted by Crippen LogP contribution is -2.24. The van der Waals surface area contributed by atoms with Gasteiger partial charge in [-0.25, -0.2) is 4.98 Å². The van der Waals surface area contributed by atoms with E-state index in [9.17, 15) is 9.59 Å². The van der Waals surface area contributed by atoms with E-state index in [1.165, 1.54) is 12.0 Å². The lowest BCUT2D eigenvalue weighted by atomic mass is 10.0. The van der Waals surface area contributed by atoms with Crippen molar-refractivity contribution in [1.29, 1.82) is 0 Å². The standard InChI is InChI=1S/C28H27N3O5/c1-31(2)28(33)19-11-7-9-13-22(19)30-27(32)20-16-23(29-21-12-8-6-10-18(20)21)17-14-24(34-3)26(36-5)25(15-17)35-4/h6-16H,1-5H3,(H,30,32). The number of amides is 2. The summed E-state index contributed by atoms with van der Waals surface area (Å²) in [6, 6.07) is 19.6. The molecule has 3 aromatic carbocycles. The number of rotatable bonds is 7. The van der Waals surface area contributed by atoms with Crippen molar-refractivity contribution in [1.82, 2.24) is 9.88 Å². The fourth-order valence-electron chi connectivity index (χ4n) is 3.95. The summed E-state index contributed by atoms with van der Waals surface area (Å²) >= 11 is 0. The molecule has 0 aliphatic carbocycles. The molecule has 1 aromatic heterocycles. The molecule has 0 fully saturated rings. The highest BCUT2D eigenvalue weighted by Crippen LogP contribution is 2.41. The third kappa shape index (κ3) is 4.65. The highest BCUT2D eigenvalue weighted by atomic mass is 16.5. The Morgan fingerprint density at radius 2 is 1.44 bits per heavy atom. The number of benzene rings is 3. The second-order valence-electron chi connectivity index (χ2n) is 8.19. The van der Waals surface area contributed by atoms with E-state index in [0.29, 0.717) is 56.2 Å². The normalized spacial score (nSPS) is 10.6. The number of methoxy groups -OCH3 is 3.